The van der Waals surface area contributed by atoms with Crippen LogP contribution >= 0.6 is 0 Å². The number of hydrogen-bond acceptors (Lipinski definition) is 3. The molecule has 0 fully saturated rings. The minimum Gasteiger partial charge on any atom is -0.476 e. The molecule has 0 aliphatic heterocycles. The molecule has 0 radical (unpaired) electrons. The van der Waals surface area contributed by atoms with Gasteiger partial charge in [-0.15, -0.1) is 0 Å². The Morgan fingerprint density at radius 3 is 2.33 bits per heavy atom. The summed E-state index contributed by atoms with van der Waals surface area (Å²) in [5, 5.41) is 8.59. The average molecular weight is 270 g/mol. The minimum atomic E-state index is -5.09. The molecular weight excluding hydrogens is 263 g/mol. The van der Waals surface area contributed by atoms with E-state index in [2.05, 4.69) is 4.98 Å². The zero-order valence-corrected chi connectivity index (χ0v) is 8.63. The second-order valence-electron chi connectivity index (χ2n) is 3.23. The van der Waals surface area contributed by atoms with Crippen LogP contribution in [0.25, 0.3) is 0 Å². The summed E-state index contributed by atoms with van der Waals surface area (Å²) in [5.41, 5.74) is 0.394. The van der Waals surface area contributed by atoms with Crippen molar-refractivity contribution >= 4 is 5.97 Å². The third-order valence-corrected chi connectivity index (χ3v) is 2.07. The average Bonchev–Trinajstić information content (AvgIpc) is 2.25. The van der Waals surface area contributed by atoms with Crippen LogP contribution in [0, 0.1) is 0 Å². The van der Waals surface area contributed by atoms with Crippen molar-refractivity contribution < 1.29 is 31.9 Å². The van der Waals surface area contributed by atoms with E-state index in [0.29, 0.717) is 0 Å². The highest BCUT2D eigenvalue weighted by atomic mass is 19.4. The molecular formula is C9H7F5N2O2. The maximum atomic E-state index is 12.5. The molecule has 0 saturated heterocycles. The first kappa shape index (κ1) is 14.3. The zero-order chi connectivity index (χ0) is 14.1. The summed E-state index contributed by atoms with van der Waals surface area (Å²) in [5.74, 6) is -1.96. The van der Waals surface area contributed by atoms with Gasteiger partial charge in [0.2, 0.25) is 0 Å². The van der Waals surface area contributed by atoms with Crippen LogP contribution in [-0.4, -0.2) is 16.1 Å². The van der Waals surface area contributed by atoms with Gasteiger partial charge in [-0.05, 0) is 6.07 Å². The van der Waals surface area contributed by atoms with Gasteiger partial charge in [-0.25, -0.2) is 18.6 Å². The second-order valence-corrected chi connectivity index (χ2v) is 3.23. The fraction of sp³-hybridized carbons (Fsp3) is 0.333. The van der Waals surface area contributed by atoms with Crippen LogP contribution in [0.2, 0.25) is 0 Å². The predicted octanol–water partition coefficient (Wildman–Crippen LogP) is 2.19. The van der Waals surface area contributed by atoms with Crippen LogP contribution < -0.4 is 5.73 Å². The fourth-order valence-electron chi connectivity index (χ4n) is 1.30. The van der Waals surface area contributed by atoms with Gasteiger partial charge in [-0.2, -0.15) is 13.2 Å². The SMILES string of the molecule is NCc1nc(C(=O)O)c(C(F)(F)F)cc1C(F)F. The molecule has 9 heteroatoms. The lowest BCUT2D eigenvalue weighted by Crippen LogP contribution is -2.19. The second kappa shape index (κ2) is 4.84. The molecule has 0 aromatic carbocycles. The highest BCUT2D eigenvalue weighted by molar-refractivity contribution is 5.87. The van der Waals surface area contributed by atoms with Crippen LogP contribution in [0.4, 0.5) is 22.0 Å². The molecule has 0 bridgehead atoms. The Bertz CT molecular complexity index is 473. The molecule has 1 heterocycles. The Hall–Kier alpha value is -1.77. The molecule has 1 aromatic heterocycles. The highest BCUT2D eigenvalue weighted by Crippen LogP contribution is 2.34. The Morgan fingerprint density at radius 2 is 2.00 bits per heavy atom. The molecule has 1 rings (SSSR count). The third-order valence-electron chi connectivity index (χ3n) is 2.07. The van der Waals surface area contributed by atoms with Crippen LogP contribution in [-0.2, 0) is 12.7 Å². The first-order valence-corrected chi connectivity index (χ1v) is 4.51. The monoisotopic (exact) mass is 270 g/mol. The number of nitrogens with zero attached hydrogens (tertiary/aromatic N) is 1. The molecule has 18 heavy (non-hydrogen) atoms. The van der Waals surface area contributed by atoms with Crippen molar-refractivity contribution in [1.82, 2.24) is 4.98 Å². The van der Waals surface area contributed by atoms with Crippen molar-refractivity contribution in [2.24, 2.45) is 5.73 Å². The van der Waals surface area contributed by atoms with Crippen molar-refractivity contribution in [3.63, 3.8) is 0 Å². The standard InChI is InChI=1S/C9H7F5N2O2/c10-7(11)3-1-4(9(12,13)14)6(8(17)18)16-5(3)2-15/h1,7H,2,15H2,(H,17,18). The predicted molar refractivity (Wildman–Crippen MR) is 49.0 cm³/mol. The first-order valence-electron chi connectivity index (χ1n) is 4.51. The number of nitrogens with two attached hydrogens (primary N) is 1. The minimum absolute atomic E-state index is 0.0727. The topological polar surface area (TPSA) is 76.2 Å². The maximum Gasteiger partial charge on any atom is 0.418 e. The van der Waals surface area contributed by atoms with Crippen LogP contribution in [0.5, 0.6) is 0 Å². The number of aromatic nitrogens is 1. The summed E-state index contributed by atoms with van der Waals surface area (Å²) < 4.78 is 62.5. The number of carboxylic acids is 1. The molecule has 1 aromatic rings. The van der Waals surface area contributed by atoms with Gasteiger partial charge in [-0.1, -0.05) is 0 Å². The van der Waals surface area contributed by atoms with Gasteiger partial charge in [0.05, 0.1) is 11.3 Å². The number of hydrogen-bond donors (Lipinski definition) is 2. The van der Waals surface area contributed by atoms with E-state index in [-0.39, 0.29) is 6.07 Å². The van der Waals surface area contributed by atoms with Crippen molar-refractivity contribution in [3.05, 3.63) is 28.6 Å². The van der Waals surface area contributed by atoms with E-state index in [4.69, 9.17) is 10.8 Å². The molecule has 0 spiro atoms. The summed E-state index contributed by atoms with van der Waals surface area (Å²) in [4.78, 5) is 13.7. The number of alkyl halides is 5. The van der Waals surface area contributed by atoms with Gasteiger partial charge < -0.3 is 10.8 Å². The number of aromatic carboxylic acids is 1. The zero-order valence-electron chi connectivity index (χ0n) is 8.63. The van der Waals surface area contributed by atoms with E-state index in [1.54, 1.807) is 0 Å². The quantitative estimate of drug-likeness (QED) is 0.825. The van der Waals surface area contributed by atoms with Crippen molar-refractivity contribution in [1.29, 1.82) is 0 Å². The lowest BCUT2D eigenvalue weighted by atomic mass is 10.1. The van der Waals surface area contributed by atoms with Gasteiger partial charge in [-0.3, -0.25) is 0 Å². The third kappa shape index (κ3) is 2.73. The summed E-state index contributed by atoms with van der Waals surface area (Å²) >= 11 is 0. The van der Waals surface area contributed by atoms with E-state index in [9.17, 15) is 26.7 Å². The normalized spacial score (nSPS) is 11.9. The Balaban J connectivity index is 3.58. The van der Waals surface area contributed by atoms with Gasteiger partial charge in [0.1, 0.15) is 0 Å². The van der Waals surface area contributed by atoms with Crippen molar-refractivity contribution in [3.8, 4) is 0 Å². The molecule has 0 unspecified atom stereocenters. The van der Waals surface area contributed by atoms with E-state index in [1.165, 1.54) is 0 Å². The molecule has 0 saturated carbocycles. The maximum absolute atomic E-state index is 12.5. The van der Waals surface area contributed by atoms with Crippen LogP contribution in [0.15, 0.2) is 6.07 Å². The lowest BCUT2D eigenvalue weighted by molar-refractivity contribution is -0.138. The highest BCUT2D eigenvalue weighted by Gasteiger charge is 2.38. The van der Waals surface area contributed by atoms with Crippen molar-refractivity contribution in [2.45, 2.75) is 19.1 Å². The molecule has 0 aliphatic rings. The van der Waals surface area contributed by atoms with E-state index < -0.39 is 47.6 Å². The largest absolute Gasteiger partial charge is 0.476 e. The van der Waals surface area contributed by atoms with E-state index in [1.807, 2.05) is 0 Å². The number of rotatable bonds is 3. The molecule has 0 amide bonds. The Labute approximate surface area is 97.2 Å². The van der Waals surface area contributed by atoms with Gasteiger partial charge in [0, 0.05) is 12.1 Å². The first-order chi connectivity index (χ1) is 8.18. The smallest absolute Gasteiger partial charge is 0.418 e. The van der Waals surface area contributed by atoms with E-state index in [0.717, 1.165) is 0 Å². The van der Waals surface area contributed by atoms with Crippen molar-refractivity contribution in [2.75, 3.05) is 0 Å². The van der Waals surface area contributed by atoms with Gasteiger partial charge in [0.25, 0.3) is 6.43 Å². The molecule has 0 atom stereocenters. The van der Waals surface area contributed by atoms with Gasteiger partial charge >= 0.3 is 12.1 Å². The molecule has 4 nitrogen and oxygen atoms in total. The number of halogens is 5. The summed E-state index contributed by atoms with van der Waals surface area (Å²) in [6, 6.07) is 0.0727. The Morgan fingerprint density at radius 1 is 1.44 bits per heavy atom. The summed E-state index contributed by atoms with van der Waals surface area (Å²) in [6.07, 6.45) is -8.31. The van der Waals surface area contributed by atoms with E-state index >= 15 is 0 Å². The molecule has 100 valence electrons. The summed E-state index contributed by atoms with van der Waals surface area (Å²) in [7, 11) is 0. The van der Waals surface area contributed by atoms with Gasteiger partial charge in [0.15, 0.2) is 5.69 Å². The number of carbonyl (C=O) groups is 1. The molecule has 3 N–H and O–H groups in total. The lowest BCUT2D eigenvalue weighted by Gasteiger charge is -2.14. The van der Waals surface area contributed by atoms with Crippen LogP contribution in [0.1, 0.15) is 33.7 Å². The molecule has 0 aliphatic carbocycles. The van der Waals surface area contributed by atoms with Crippen LogP contribution in [0.3, 0.4) is 0 Å². The fourth-order valence-corrected chi connectivity index (χ4v) is 1.30. The summed E-state index contributed by atoms with van der Waals surface area (Å²) in [6.45, 7) is -0.585. The Kier molecular flexibility index (Phi) is 3.85. The number of pyridine rings is 1. The number of carboxylic acid groups (broad SMARTS) is 1.